The zero-order valence-electron chi connectivity index (χ0n) is 15.1. The van der Waals surface area contributed by atoms with Crippen molar-refractivity contribution in [2.24, 2.45) is 5.41 Å². The fourth-order valence-corrected chi connectivity index (χ4v) is 3.43. The number of phosphoric acid groups is 1. The van der Waals surface area contributed by atoms with Gasteiger partial charge in [-0.05, 0) is 34.9 Å². The smallest absolute Gasteiger partial charge is 0.404 e. The molecule has 0 radical (unpaired) electrons. The van der Waals surface area contributed by atoms with Gasteiger partial charge in [0.1, 0.15) is 5.75 Å². The molecule has 1 rings (SSSR count). The molecule has 0 amide bonds. The third kappa shape index (κ3) is 7.77. The van der Waals surface area contributed by atoms with E-state index in [0.29, 0.717) is 0 Å². The largest absolute Gasteiger partial charge is 0.529 e. The number of aliphatic hydroxyl groups excluding tert-OH is 1. The minimum absolute atomic E-state index is 0.0195. The van der Waals surface area contributed by atoms with Gasteiger partial charge in [0.15, 0.2) is 6.79 Å². The van der Waals surface area contributed by atoms with Gasteiger partial charge in [0.2, 0.25) is 0 Å². The van der Waals surface area contributed by atoms with E-state index in [9.17, 15) is 9.46 Å². The first-order valence-corrected chi connectivity index (χ1v) is 9.41. The fourth-order valence-electron chi connectivity index (χ4n) is 2.78. The van der Waals surface area contributed by atoms with Crippen LogP contribution in [0.3, 0.4) is 0 Å². The second kappa shape index (κ2) is 8.45. The molecular formula is C17H29O6P. The summed E-state index contributed by atoms with van der Waals surface area (Å²) in [5, 5.41) is 8.55. The number of aliphatic hydroxyl groups is 1. The van der Waals surface area contributed by atoms with Gasteiger partial charge in [-0.15, -0.1) is 0 Å². The molecular weight excluding hydrogens is 331 g/mol. The van der Waals surface area contributed by atoms with E-state index in [0.717, 1.165) is 12.0 Å². The monoisotopic (exact) mass is 360 g/mol. The van der Waals surface area contributed by atoms with Crippen molar-refractivity contribution in [1.29, 1.82) is 0 Å². The summed E-state index contributed by atoms with van der Waals surface area (Å²) in [5.41, 5.74) is 1.31. The Kier molecular flexibility index (Phi) is 7.44. The van der Waals surface area contributed by atoms with Gasteiger partial charge in [-0.2, -0.15) is 0 Å². The highest BCUT2D eigenvalue weighted by molar-refractivity contribution is 7.47. The van der Waals surface area contributed by atoms with Gasteiger partial charge >= 0.3 is 7.82 Å². The Morgan fingerprint density at radius 1 is 1.08 bits per heavy atom. The van der Waals surface area contributed by atoms with Gasteiger partial charge in [-0.25, -0.2) is 9.09 Å². The highest BCUT2D eigenvalue weighted by Crippen LogP contribution is 2.44. The normalized spacial score (nSPS) is 15.1. The maximum absolute atomic E-state index is 11.8. The van der Waals surface area contributed by atoms with Crippen molar-refractivity contribution in [3.8, 4) is 5.75 Å². The zero-order chi connectivity index (χ0) is 18.4. The molecule has 7 heteroatoms. The molecule has 0 aliphatic carbocycles. The van der Waals surface area contributed by atoms with E-state index in [2.05, 4.69) is 39.1 Å². The number of ether oxygens (including phenoxy) is 1. The molecule has 0 saturated carbocycles. The highest BCUT2D eigenvalue weighted by Gasteiger charge is 2.28. The van der Waals surface area contributed by atoms with Gasteiger partial charge < -0.3 is 14.4 Å². The molecule has 1 aromatic rings. The van der Waals surface area contributed by atoms with E-state index in [-0.39, 0.29) is 29.8 Å². The molecule has 0 aliphatic heterocycles. The Labute approximate surface area is 144 Å². The van der Waals surface area contributed by atoms with E-state index >= 15 is 0 Å². The van der Waals surface area contributed by atoms with Crippen LogP contribution in [0.1, 0.15) is 46.6 Å². The van der Waals surface area contributed by atoms with Crippen LogP contribution in [0.2, 0.25) is 0 Å². The van der Waals surface area contributed by atoms with Crippen LogP contribution >= 0.6 is 7.82 Å². The van der Waals surface area contributed by atoms with E-state index in [1.807, 2.05) is 12.1 Å². The minimum Gasteiger partial charge on any atom is -0.404 e. The number of phosphoric ester groups is 1. The topological polar surface area (TPSA) is 85.2 Å². The Morgan fingerprint density at radius 3 is 2.17 bits per heavy atom. The van der Waals surface area contributed by atoms with Crippen LogP contribution in [0.25, 0.3) is 0 Å². The number of rotatable bonds is 9. The third-order valence-electron chi connectivity index (χ3n) is 3.36. The summed E-state index contributed by atoms with van der Waals surface area (Å²) in [6.07, 6.45) is 1.00. The number of benzene rings is 1. The molecule has 0 spiro atoms. The summed E-state index contributed by atoms with van der Waals surface area (Å²) in [7, 11) is -4.25. The van der Waals surface area contributed by atoms with Crippen molar-refractivity contribution in [3.05, 3.63) is 29.8 Å². The first kappa shape index (κ1) is 21.1. The first-order chi connectivity index (χ1) is 11.0. The lowest BCUT2D eigenvalue weighted by Gasteiger charge is -2.33. The van der Waals surface area contributed by atoms with Crippen LogP contribution in [0.15, 0.2) is 24.3 Å². The zero-order valence-corrected chi connectivity index (χ0v) is 16.0. The van der Waals surface area contributed by atoms with E-state index in [1.54, 1.807) is 12.1 Å². The predicted octanol–water partition coefficient (Wildman–Crippen LogP) is 3.86. The molecule has 0 aromatic heterocycles. The van der Waals surface area contributed by atoms with Crippen LogP contribution in [-0.2, 0) is 19.2 Å². The van der Waals surface area contributed by atoms with Gasteiger partial charge in [0.05, 0.1) is 13.2 Å². The van der Waals surface area contributed by atoms with Gasteiger partial charge in [-0.3, -0.25) is 4.89 Å². The summed E-state index contributed by atoms with van der Waals surface area (Å²) < 4.78 is 26.2. The average Bonchev–Trinajstić information content (AvgIpc) is 2.41. The quantitative estimate of drug-likeness (QED) is 0.395. The lowest BCUT2D eigenvalue weighted by Crippen LogP contribution is -2.24. The van der Waals surface area contributed by atoms with Crippen molar-refractivity contribution in [2.45, 2.75) is 46.5 Å². The second-order valence-corrected chi connectivity index (χ2v) is 8.96. The van der Waals surface area contributed by atoms with Crippen LogP contribution in [0, 0.1) is 5.41 Å². The van der Waals surface area contributed by atoms with Crippen LogP contribution in [0.4, 0.5) is 0 Å². The fraction of sp³-hybridized carbons (Fsp3) is 0.647. The Balaban J connectivity index is 2.68. The van der Waals surface area contributed by atoms with Crippen molar-refractivity contribution < 1.29 is 28.3 Å². The summed E-state index contributed by atoms with van der Waals surface area (Å²) in [5.74, 6) is 0.248. The lowest BCUT2D eigenvalue weighted by molar-refractivity contribution is -0.0138. The molecule has 0 bridgehead atoms. The van der Waals surface area contributed by atoms with Crippen molar-refractivity contribution in [2.75, 3.05) is 20.0 Å². The third-order valence-corrected chi connectivity index (χ3v) is 4.24. The highest BCUT2D eigenvalue weighted by atomic mass is 31.2. The predicted molar refractivity (Wildman–Crippen MR) is 93.0 cm³/mol. The molecule has 0 fully saturated rings. The summed E-state index contributed by atoms with van der Waals surface area (Å²) in [4.78, 5) is 9.62. The molecule has 6 nitrogen and oxygen atoms in total. The molecule has 138 valence electrons. The van der Waals surface area contributed by atoms with Gasteiger partial charge in [0, 0.05) is 0 Å². The van der Waals surface area contributed by atoms with Crippen LogP contribution in [0.5, 0.6) is 5.75 Å². The average molecular weight is 360 g/mol. The van der Waals surface area contributed by atoms with Crippen LogP contribution in [-0.4, -0.2) is 30.0 Å². The molecule has 0 aliphatic rings. The van der Waals surface area contributed by atoms with E-state index in [4.69, 9.17) is 14.4 Å². The van der Waals surface area contributed by atoms with E-state index in [1.165, 1.54) is 0 Å². The Hall–Kier alpha value is -0.910. The van der Waals surface area contributed by atoms with Crippen molar-refractivity contribution in [1.82, 2.24) is 0 Å². The maximum Gasteiger partial charge on any atom is 0.529 e. The summed E-state index contributed by atoms with van der Waals surface area (Å²) in [6.45, 7) is 10.4. The van der Waals surface area contributed by atoms with Crippen molar-refractivity contribution in [3.63, 3.8) is 0 Å². The SMILES string of the molecule is CC(C)(C)CC(C)(C)c1ccc(OP(=O)(O)OCOCCO)cc1. The standard InChI is InChI=1S/C17H29O6P/c1-16(2,3)12-17(4,5)14-6-8-15(9-7-14)23-24(19,20)22-13-21-11-10-18/h6-9,18H,10-13H2,1-5H3,(H,19,20). The molecule has 24 heavy (non-hydrogen) atoms. The second-order valence-electron chi connectivity index (χ2n) is 7.58. The molecule has 1 aromatic carbocycles. The summed E-state index contributed by atoms with van der Waals surface area (Å²) in [6, 6.07) is 7.09. The maximum atomic E-state index is 11.8. The first-order valence-electron chi connectivity index (χ1n) is 7.91. The van der Waals surface area contributed by atoms with Crippen molar-refractivity contribution >= 4 is 7.82 Å². The van der Waals surface area contributed by atoms with Gasteiger partial charge in [0.25, 0.3) is 0 Å². The van der Waals surface area contributed by atoms with Crippen LogP contribution < -0.4 is 4.52 Å². The number of hydrogen-bond donors (Lipinski definition) is 2. The molecule has 0 heterocycles. The number of hydrogen-bond acceptors (Lipinski definition) is 5. The summed E-state index contributed by atoms with van der Waals surface area (Å²) >= 11 is 0. The molecule has 1 atom stereocenters. The minimum atomic E-state index is -4.25. The van der Waals surface area contributed by atoms with Gasteiger partial charge in [-0.1, -0.05) is 46.8 Å². The molecule has 2 N–H and O–H groups in total. The van der Waals surface area contributed by atoms with E-state index < -0.39 is 14.6 Å². The molecule has 0 saturated heterocycles. The Bertz CT molecular complexity index is 547. The lowest BCUT2D eigenvalue weighted by atomic mass is 9.72. The molecule has 1 unspecified atom stereocenters. The Morgan fingerprint density at radius 2 is 1.67 bits per heavy atom.